The molecule has 0 spiro atoms. The van der Waals surface area contributed by atoms with Gasteiger partial charge in [0.25, 0.3) is 0 Å². The number of amides is 2. The Hall–Kier alpha value is -4.01. The third kappa shape index (κ3) is 5.61. The van der Waals surface area contributed by atoms with Gasteiger partial charge < -0.3 is 20.4 Å². The standard InChI is InChI=1S/C28H26Cl2N6O2/c1-16-21-10-8-18(14-22(21)36-35-16)25-26(30)34-27(33-25)23(12-17-6-4-3-5-7-17)32-28(37)31-15-19-13-20(29)9-11-24(19)38-2/h3-11,13-14,23H,12,15H2,1-2H3,(H,33,34)(H,35,36)(H2,31,32,37)/t23-/m0/s1. The Balaban J connectivity index is 1.39. The fourth-order valence-electron chi connectivity index (χ4n) is 4.35. The molecule has 0 aliphatic rings. The van der Waals surface area contributed by atoms with Gasteiger partial charge in [-0.05, 0) is 43.2 Å². The average molecular weight is 549 g/mol. The van der Waals surface area contributed by atoms with Crippen LogP contribution in [0.4, 0.5) is 4.79 Å². The van der Waals surface area contributed by atoms with Gasteiger partial charge in [0.15, 0.2) is 0 Å². The summed E-state index contributed by atoms with van der Waals surface area (Å²) in [5.74, 6) is 1.18. The predicted octanol–water partition coefficient (Wildman–Crippen LogP) is 6.36. The molecule has 5 rings (SSSR count). The average Bonchev–Trinajstić information content (AvgIpc) is 3.49. The summed E-state index contributed by atoms with van der Waals surface area (Å²) >= 11 is 12.7. The monoisotopic (exact) mass is 548 g/mol. The van der Waals surface area contributed by atoms with Crippen LogP contribution < -0.4 is 15.4 Å². The van der Waals surface area contributed by atoms with Gasteiger partial charge in [0.2, 0.25) is 0 Å². The van der Waals surface area contributed by atoms with Crippen LogP contribution in [-0.2, 0) is 13.0 Å². The van der Waals surface area contributed by atoms with E-state index in [-0.39, 0.29) is 12.6 Å². The number of aromatic nitrogens is 4. The molecule has 38 heavy (non-hydrogen) atoms. The van der Waals surface area contributed by atoms with Crippen molar-refractivity contribution in [3.63, 3.8) is 0 Å². The van der Waals surface area contributed by atoms with Crippen LogP contribution in [0.2, 0.25) is 10.2 Å². The Morgan fingerprint density at radius 2 is 1.89 bits per heavy atom. The second-order valence-corrected chi connectivity index (χ2v) is 9.71. The van der Waals surface area contributed by atoms with Gasteiger partial charge in [-0.1, -0.05) is 65.7 Å². The lowest BCUT2D eigenvalue weighted by Gasteiger charge is -2.18. The molecule has 1 atom stereocenters. The number of carbonyl (C=O) groups is 1. The van der Waals surface area contributed by atoms with Crippen molar-refractivity contribution in [2.45, 2.75) is 25.9 Å². The van der Waals surface area contributed by atoms with Gasteiger partial charge >= 0.3 is 6.03 Å². The van der Waals surface area contributed by atoms with Crippen LogP contribution in [0, 0.1) is 6.92 Å². The van der Waals surface area contributed by atoms with Crippen molar-refractivity contribution in [1.29, 1.82) is 0 Å². The minimum absolute atomic E-state index is 0.237. The summed E-state index contributed by atoms with van der Waals surface area (Å²) in [6.07, 6.45) is 0.510. The van der Waals surface area contributed by atoms with E-state index in [2.05, 4.69) is 25.8 Å². The van der Waals surface area contributed by atoms with Gasteiger partial charge in [0, 0.05) is 33.8 Å². The van der Waals surface area contributed by atoms with Crippen LogP contribution in [0.3, 0.4) is 0 Å². The zero-order valence-electron chi connectivity index (χ0n) is 20.8. The lowest BCUT2D eigenvalue weighted by atomic mass is 10.1. The molecule has 0 bridgehead atoms. The molecule has 5 aromatic rings. The number of fused-ring (bicyclic) bond motifs is 1. The van der Waals surface area contributed by atoms with E-state index in [1.807, 2.05) is 55.5 Å². The van der Waals surface area contributed by atoms with Crippen LogP contribution in [-0.4, -0.2) is 33.3 Å². The number of nitrogens with zero attached hydrogens (tertiary/aromatic N) is 2. The number of rotatable bonds is 8. The highest BCUT2D eigenvalue weighted by Gasteiger charge is 2.22. The van der Waals surface area contributed by atoms with E-state index < -0.39 is 6.04 Å². The summed E-state index contributed by atoms with van der Waals surface area (Å²) in [5, 5.41) is 15.2. The molecule has 194 valence electrons. The number of imidazole rings is 1. The van der Waals surface area contributed by atoms with Gasteiger partial charge in [-0.25, -0.2) is 9.78 Å². The first-order valence-electron chi connectivity index (χ1n) is 12.0. The summed E-state index contributed by atoms with van der Waals surface area (Å²) in [6, 6.07) is 20.2. The molecule has 8 nitrogen and oxygen atoms in total. The molecule has 0 saturated heterocycles. The molecule has 0 aliphatic carbocycles. The molecule has 2 heterocycles. The molecular weight excluding hydrogens is 523 g/mol. The number of halogens is 2. The van der Waals surface area contributed by atoms with Crippen molar-refractivity contribution in [3.8, 4) is 17.0 Å². The largest absolute Gasteiger partial charge is 0.496 e. The first-order chi connectivity index (χ1) is 18.4. The Bertz CT molecular complexity index is 1580. The molecule has 0 saturated carbocycles. The highest BCUT2D eigenvalue weighted by atomic mass is 35.5. The number of H-pyrrole nitrogens is 2. The minimum Gasteiger partial charge on any atom is -0.496 e. The normalized spacial score (nSPS) is 11.9. The van der Waals surface area contributed by atoms with Crippen molar-refractivity contribution in [2.75, 3.05) is 7.11 Å². The molecule has 4 N–H and O–H groups in total. The number of hydrogen-bond donors (Lipinski definition) is 4. The number of hydrogen-bond acceptors (Lipinski definition) is 4. The lowest BCUT2D eigenvalue weighted by Crippen LogP contribution is -2.38. The molecule has 0 radical (unpaired) electrons. The summed E-state index contributed by atoms with van der Waals surface area (Å²) < 4.78 is 5.38. The molecule has 2 aromatic heterocycles. The molecule has 0 aliphatic heterocycles. The van der Waals surface area contributed by atoms with E-state index in [4.69, 9.17) is 32.9 Å². The lowest BCUT2D eigenvalue weighted by molar-refractivity contribution is 0.236. The number of aromatic amines is 2. The molecule has 3 aromatic carbocycles. The number of aryl methyl sites for hydroxylation is 1. The number of urea groups is 1. The summed E-state index contributed by atoms with van der Waals surface area (Å²) in [5.41, 5.74) is 5.05. The fraction of sp³-hybridized carbons (Fsp3) is 0.179. The molecule has 0 unspecified atom stereocenters. The van der Waals surface area contributed by atoms with E-state index in [0.29, 0.717) is 33.9 Å². The minimum atomic E-state index is -0.471. The van der Waals surface area contributed by atoms with E-state index >= 15 is 0 Å². The summed E-state index contributed by atoms with van der Waals surface area (Å²) in [4.78, 5) is 21.0. The molecule has 10 heteroatoms. The van der Waals surface area contributed by atoms with E-state index in [0.717, 1.165) is 33.3 Å². The Kier molecular flexibility index (Phi) is 7.53. The van der Waals surface area contributed by atoms with Crippen LogP contribution >= 0.6 is 23.2 Å². The predicted molar refractivity (Wildman–Crippen MR) is 150 cm³/mol. The van der Waals surface area contributed by atoms with Gasteiger partial charge in [-0.15, -0.1) is 0 Å². The van der Waals surface area contributed by atoms with Crippen LogP contribution in [0.15, 0.2) is 66.7 Å². The second kappa shape index (κ2) is 11.2. The number of carbonyl (C=O) groups excluding carboxylic acids is 1. The van der Waals surface area contributed by atoms with Gasteiger partial charge in [-0.3, -0.25) is 5.10 Å². The van der Waals surface area contributed by atoms with Crippen LogP contribution in [0.5, 0.6) is 5.75 Å². The summed E-state index contributed by atoms with van der Waals surface area (Å²) in [7, 11) is 1.58. The smallest absolute Gasteiger partial charge is 0.315 e. The quantitative estimate of drug-likeness (QED) is 0.181. The van der Waals surface area contributed by atoms with E-state index in [9.17, 15) is 4.79 Å². The Morgan fingerprint density at radius 1 is 1.08 bits per heavy atom. The number of nitrogens with one attached hydrogen (secondary N) is 4. The Morgan fingerprint density at radius 3 is 2.68 bits per heavy atom. The second-order valence-electron chi connectivity index (χ2n) is 8.89. The van der Waals surface area contributed by atoms with Crippen LogP contribution in [0.25, 0.3) is 22.2 Å². The molecule has 0 fully saturated rings. The van der Waals surface area contributed by atoms with Gasteiger partial charge in [0.05, 0.1) is 18.7 Å². The molecule has 2 amide bonds. The highest BCUT2D eigenvalue weighted by Crippen LogP contribution is 2.31. The van der Waals surface area contributed by atoms with Crippen molar-refractivity contribution in [2.24, 2.45) is 0 Å². The van der Waals surface area contributed by atoms with Crippen molar-refractivity contribution in [1.82, 2.24) is 30.8 Å². The van der Waals surface area contributed by atoms with Gasteiger partial charge in [-0.2, -0.15) is 5.10 Å². The topological polar surface area (TPSA) is 108 Å². The maximum absolute atomic E-state index is 13.0. The Labute approximate surface area is 229 Å². The first-order valence-corrected chi connectivity index (χ1v) is 12.8. The van der Waals surface area contributed by atoms with Crippen LogP contribution in [0.1, 0.15) is 28.7 Å². The van der Waals surface area contributed by atoms with Gasteiger partial charge in [0.1, 0.15) is 22.4 Å². The third-order valence-electron chi connectivity index (χ3n) is 6.30. The van der Waals surface area contributed by atoms with E-state index in [1.165, 1.54) is 0 Å². The first kappa shape index (κ1) is 25.6. The number of methoxy groups -OCH3 is 1. The van der Waals surface area contributed by atoms with Crippen molar-refractivity contribution < 1.29 is 9.53 Å². The fourth-order valence-corrected chi connectivity index (χ4v) is 4.80. The molecular formula is C28H26Cl2N6O2. The number of ether oxygens (including phenoxy) is 1. The SMILES string of the molecule is COc1ccc(Cl)cc1CNC(=O)N[C@@H](Cc1ccccc1)c1nc(-c2ccc3c(C)[nH]nc3c2)c(Cl)[nH]1. The maximum Gasteiger partial charge on any atom is 0.315 e. The maximum atomic E-state index is 13.0. The van der Waals surface area contributed by atoms with Crippen molar-refractivity contribution >= 4 is 40.1 Å². The van der Waals surface area contributed by atoms with E-state index in [1.54, 1.807) is 25.3 Å². The summed E-state index contributed by atoms with van der Waals surface area (Å²) in [6.45, 7) is 2.21. The zero-order chi connectivity index (χ0) is 26.6. The third-order valence-corrected chi connectivity index (χ3v) is 6.81. The van der Waals surface area contributed by atoms with Crippen molar-refractivity contribution in [3.05, 3.63) is 99.6 Å². The number of benzene rings is 3. The highest BCUT2D eigenvalue weighted by molar-refractivity contribution is 6.32. The zero-order valence-corrected chi connectivity index (χ0v) is 22.3.